The van der Waals surface area contributed by atoms with Crippen LogP contribution in [0.25, 0.3) is 0 Å². The van der Waals surface area contributed by atoms with E-state index in [0.29, 0.717) is 11.7 Å². The third-order valence-electron chi connectivity index (χ3n) is 2.50. The van der Waals surface area contributed by atoms with Gasteiger partial charge in [0.05, 0.1) is 12.2 Å². The Kier molecular flexibility index (Phi) is 3.88. The van der Waals surface area contributed by atoms with Crippen LogP contribution >= 0.6 is 11.3 Å². The largest absolute Gasteiger partial charge is 0.476 e. The first-order chi connectivity index (χ1) is 8.70. The Morgan fingerprint density at radius 3 is 3.06 bits per heavy atom. The van der Waals surface area contributed by atoms with Gasteiger partial charge in [0.2, 0.25) is 0 Å². The summed E-state index contributed by atoms with van der Waals surface area (Å²) in [6.07, 6.45) is 2.67. The lowest BCUT2D eigenvalue weighted by Gasteiger charge is -2.06. The van der Waals surface area contributed by atoms with Crippen LogP contribution in [0.5, 0.6) is 0 Å². The van der Waals surface area contributed by atoms with Crippen LogP contribution in [0.15, 0.2) is 23.7 Å². The Morgan fingerprint density at radius 1 is 1.56 bits per heavy atom. The average molecular weight is 263 g/mol. The molecule has 0 aliphatic carbocycles. The van der Waals surface area contributed by atoms with Crippen molar-refractivity contribution in [3.8, 4) is 0 Å². The molecular formula is C12H13N3O2S. The quantitative estimate of drug-likeness (QED) is 0.866. The number of pyridine rings is 1. The fourth-order valence-corrected chi connectivity index (χ4v) is 2.25. The number of carboxylic acid groups (broad SMARTS) is 1. The van der Waals surface area contributed by atoms with Gasteiger partial charge in [-0.1, -0.05) is 13.0 Å². The van der Waals surface area contributed by atoms with Gasteiger partial charge >= 0.3 is 5.97 Å². The van der Waals surface area contributed by atoms with Crippen LogP contribution < -0.4 is 5.32 Å². The molecule has 0 aromatic carbocycles. The van der Waals surface area contributed by atoms with Gasteiger partial charge in [0.15, 0.2) is 10.8 Å². The number of carbonyl (C=O) groups is 1. The number of aromatic carboxylic acids is 1. The molecule has 0 bridgehead atoms. The molecule has 2 rings (SSSR count). The second-order valence-electron chi connectivity index (χ2n) is 3.66. The molecule has 2 aromatic rings. The molecular weight excluding hydrogens is 250 g/mol. The molecule has 0 fully saturated rings. The van der Waals surface area contributed by atoms with Crippen molar-refractivity contribution in [1.82, 2.24) is 9.97 Å². The van der Waals surface area contributed by atoms with E-state index in [1.165, 1.54) is 22.3 Å². The third kappa shape index (κ3) is 2.84. The molecule has 2 aromatic heterocycles. The first-order valence-electron chi connectivity index (χ1n) is 5.56. The van der Waals surface area contributed by atoms with Gasteiger partial charge in [0.1, 0.15) is 0 Å². The van der Waals surface area contributed by atoms with E-state index in [0.717, 1.165) is 12.1 Å². The summed E-state index contributed by atoms with van der Waals surface area (Å²) in [6, 6.07) is 3.95. The highest BCUT2D eigenvalue weighted by atomic mass is 32.1. The van der Waals surface area contributed by atoms with E-state index in [9.17, 15) is 4.79 Å². The number of nitrogens with zero attached hydrogens (tertiary/aromatic N) is 2. The summed E-state index contributed by atoms with van der Waals surface area (Å²) in [5, 5.41) is 14.0. The average Bonchev–Trinajstić information content (AvgIpc) is 2.85. The second kappa shape index (κ2) is 5.59. The van der Waals surface area contributed by atoms with Crippen LogP contribution in [0.4, 0.5) is 5.13 Å². The SMILES string of the molecule is CCc1cccnc1CNc1nc(C(=O)O)cs1. The van der Waals surface area contributed by atoms with Crippen LogP contribution in [-0.2, 0) is 13.0 Å². The molecule has 5 nitrogen and oxygen atoms in total. The molecule has 94 valence electrons. The Balaban J connectivity index is 2.04. The highest BCUT2D eigenvalue weighted by molar-refractivity contribution is 7.13. The van der Waals surface area contributed by atoms with E-state index >= 15 is 0 Å². The minimum Gasteiger partial charge on any atom is -0.476 e. The summed E-state index contributed by atoms with van der Waals surface area (Å²) in [4.78, 5) is 19.0. The number of thiazole rings is 1. The van der Waals surface area contributed by atoms with Crippen molar-refractivity contribution >= 4 is 22.4 Å². The lowest BCUT2D eigenvalue weighted by Crippen LogP contribution is -2.05. The molecule has 0 amide bonds. The van der Waals surface area contributed by atoms with Gasteiger partial charge in [0.25, 0.3) is 0 Å². The predicted molar refractivity (Wildman–Crippen MR) is 70.0 cm³/mol. The monoisotopic (exact) mass is 263 g/mol. The number of carboxylic acids is 1. The van der Waals surface area contributed by atoms with Crippen molar-refractivity contribution in [3.05, 3.63) is 40.7 Å². The van der Waals surface area contributed by atoms with Crippen LogP contribution in [0.3, 0.4) is 0 Å². The van der Waals surface area contributed by atoms with Gasteiger partial charge in [-0.05, 0) is 18.1 Å². The number of rotatable bonds is 5. The fraction of sp³-hybridized carbons (Fsp3) is 0.250. The fourth-order valence-electron chi connectivity index (χ4n) is 1.56. The normalized spacial score (nSPS) is 10.3. The van der Waals surface area contributed by atoms with Gasteiger partial charge in [-0.3, -0.25) is 4.98 Å². The molecule has 2 heterocycles. The number of anilines is 1. The van der Waals surface area contributed by atoms with E-state index in [1.807, 2.05) is 12.1 Å². The zero-order chi connectivity index (χ0) is 13.0. The third-order valence-corrected chi connectivity index (χ3v) is 3.30. The lowest BCUT2D eigenvalue weighted by atomic mass is 10.1. The molecule has 0 unspecified atom stereocenters. The van der Waals surface area contributed by atoms with Gasteiger partial charge in [-0.15, -0.1) is 11.3 Å². The van der Waals surface area contributed by atoms with Gasteiger partial charge in [-0.2, -0.15) is 0 Å². The maximum absolute atomic E-state index is 10.7. The van der Waals surface area contributed by atoms with Crippen LogP contribution in [0.2, 0.25) is 0 Å². The number of aromatic nitrogens is 2. The van der Waals surface area contributed by atoms with Crippen molar-refractivity contribution in [2.45, 2.75) is 19.9 Å². The highest BCUT2D eigenvalue weighted by Crippen LogP contribution is 2.17. The minimum absolute atomic E-state index is 0.0687. The van der Waals surface area contributed by atoms with Gasteiger partial charge in [0, 0.05) is 11.6 Å². The summed E-state index contributed by atoms with van der Waals surface area (Å²) >= 11 is 1.28. The first-order valence-corrected chi connectivity index (χ1v) is 6.44. The Hall–Kier alpha value is -1.95. The summed E-state index contributed by atoms with van der Waals surface area (Å²) in [6.45, 7) is 2.63. The molecule has 18 heavy (non-hydrogen) atoms. The van der Waals surface area contributed by atoms with Crippen molar-refractivity contribution < 1.29 is 9.90 Å². The van der Waals surface area contributed by atoms with E-state index in [1.54, 1.807) is 6.20 Å². The van der Waals surface area contributed by atoms with E-state index in [2.05, 4.69) is 22.2 Å². The summed E-state index contributed by atoms with van der Waals surface area (Å²) in [7, 11) is 0. The summed E-state index contributed by atoms with van der Waals surface area (Å²) in [5.74, 6) is -1.01. The Morgan fingerprint density at radius 2 is 2.39 bits per heavy atom. The van der Waals surface area contributed by atoms with Crippen LogP contribution in [-0.4, -0.2) is 21.0 Å². The van der Waals surface area contributed by atoms with Gasteiger partial charge < -0.3 is 10.4 Å². The number of hydrogen-bond acceptors (Lipinski definition) is 5. The predicted octanol–water partition coefficient (Wildman–Crippen LogP) is 2.41. The summed E-state index contributed by atoms with van der Waals surface area (Å²) in [5.41, 5.74) is 2.21. The van der Waals surface area contributed by atoms with Crippen LogP contribution in [0.1, 0.15) is 28.7 Å². The number of nitrogens with one attached hydrogen (secondary N) is 1. The maximum atomic E-state index is 10.7. The van der Waals surface area contributed by atoms with E-state index < -0.39 is 5.97 Å². The topological polar surface area (TPSA) is 75.1 Å². The molecule has 0 aliphatic heterocycles. The Labute approximate surface area is 109 Å². The zero-order valence-corrected chi connectivity index (χ0v) is 10.7. The molecule has 0 atom stereocenters. The van der Waals surface area contributed by atoms with Crippen molar-refractivity contribution in [2.24, 2.45) is 0 Å². The molecule has 6 heteroatoms. The molecule has 0 saturated carbocycles. The molecule has 0 radical (unpaired) electrons. The van der Waals surface area contributed by atoms with Crippen molar-refractivity contribution in [2.75, 3.05) is 5.32 Å². The smallest absolute Gasteiger partial charge is 0.355 e. The number of hydrogen-bond donors (Lipinski definition) is 2. The molecule has 2 N–H and O–H groups in total. The Bertz CT molecular complexity index is 554. The highest BCUT2D eigenvalue weighted by Gasteiger charge is 2.08. The zero-order valence-electron chi connectivity index (χ0n) is 9.88. The van der Waals surface area contributed by atoms with E-state index in [-0.39, 0.29) is 5.69 Å². The van der Waals surface area contributed by atoms with E-state index in [4.69, 9.17) is 5.11 Å². The second-order valence-corrected chi connectivity index (χ2v) is 4.52. The number of aryl methyl sites for hydroxylation is 1. The van der Waals surface area contributed by atoms with Crippen molar-refractivity contribution in [3.63, 3.8) is 0 Å². The van der Waals surface area contributed by atoms with Crippen LogP contribution in [0, 0.1) is 0 Å². The maximum Gasteiger partial charge on any atom is 0.355 e. The minimum atomic E-state index is -1.01. The lowest BCUT2D eigenvalue weighted by molar-refractivity contribution is 0.0691. The summed E-state index contributed by atoms with van der Waals surface area (Å²) < 4.78 is 0. The standard InChI is InChI=1S/C12H13N3O2S/c1-2-8-4-3-5-13-9(8)6-14-12-15-10(7-18-12)11(16)17/h3-5,7H,2,6H2,1H3,(H,14,15)(H,16,17). The molecule has 0 saturated heterocycles. The first kappa shape index (κ1) is 12.5. The molecule has 0 spiro atoms. The molecule has 0 aliphatic rings. The van der Waals surface area contributed by atoms with Crippen molar-refractivity contribution in [1.29, 1.82) is 0 Å². The van der Waals surface area contributed by atoms with Gasteiger partial charge in [-0.25, -0.2) is 9.78 Å².